The number of nitrogens with one attached hydrogen (secondary N) is 1. The van der Waals surface area contributed by atoms with Crippen LogP contribution >= 0.6 is 11.6 Å². The first kappa shape index (κ1) is 18.3. The average Bonchev–Trinajstić information content (AvgIpc) is 3.28. The molecule has 142 valence electrons. The molecular formula is C19H20ClN3O3S. The molecule has 2 heterocycles. The van der Waals surface area contributed by atoms with Crippen LogP contribution in [-0.2, 0) is 15.8 Å². The highest BCUT2D eigenvalue weighted by molar-refractivity contribution is 7.88. The molecule has 1 atom stereocenters. The van der Waals surface area contributed by atoms with E-state index in [0.717, 1.165) is 30.5 Å². The molecule has 1 saturated heterocycles. The summed E-state index contributed by atoms with van der Waals surface area (Å²) in [4.78, 5) is 6.57. The van der Waals surface area contributed by atoms with Crippen LogP contribution in [0.3, 0.4) is 0 Å². The number of hydrogen-bond donors (Lipinski definition) is 1. The zero-order valence-electron chi connectivity index (χ0n) is 14.6. The molecule has 1 aliphatic heterocycles. The Bertz CT molecular complexity index is 1020. The van der Waals surface area contributed by atoms with Crippen LogP contribution in [0.25, 0.3) is 11.1 Å². The van der Waals surface area contributed by atoms with E-state index in [0.29, 0.717) is 23.1 Å². The Morgan fingerprint density at radius 2 is 1.96 bits per heavy atom. The third-order valence-corrected chi connectivity index (χ3v) is 6.41. The zero-order valence-corrected chi connectivity index (χ0v) is 16.2. The molecule has 1 aromatic heterocycles. The van der Waals surface area contributed by atoms with E-state index in [1.807, 2.05) is 29.2 Å². The molecular weight excluding hydrogens is 386 g/mol. The minimum Gasteiger partial charge on any atom is -0.423 e. The molecule has 6 nitrogen and oxygen atoms in total. The summed E-state index contributed by atoms with van der Waals surface area (Å²) in [6.07, 6.45) is 1.85. The SMILES string of the molecule is O=S(=O)(Cc1ccccc1Cl)NCC1CCCN1c1nc2ccccc2o1. The number of rotatable bonds is 6. The average molecular weight is 406 g/mol. The quantitative estimate of drug-likeness (QED) is 0.678. The predicted octanol–water partition coefficient (Wildman–Crippen LogP) is 3.57. The molecule has 0 aliphatic carbocycles. The summed E-state index contributed by atoms with van der Waals surface area (Å²) in [5.74, 6) is -0.137. The Labute approximate surface area is 163 Å². The summed E-state index contributed by atoms with van der Waals surface area (Å²) in [6, 6.07) is 15.1. The van der Waals surface area contributed by atoms with E-state index in [1.165, 1.54) is 0 Å². The van der Waals surface area contributed by atoms with Crippen molar-refractivity contribution in [2.45, 2.75) is 24.6 Å². The van der Waals surface area contributed by atoms with Crippen LogP contribution in [0.15, 0.2) is 52.9 Å². The van der Waals surface area contributed by atoms with Gasteiger partial charge in [-0.2, -0.15) is 4.98 Å². The van der Waals surface area contributed by atoms with E-state index < -0.39 is 10.0 Å². The Morgan fingerprint density at radius 1 is 1.19 bits per heavy atom. The summed E-state index contributed by atoms with van der Waals surface area (Å²) in [5.41, 5.74) is 2.13. The Morgan fingerprint density at radius 3 is 2.78 bits per heavy atom. The van der Waals surface area contributed by atoms with Crippen molar-refractivity contribution in [3.8, 4) is 0 Å². The van der Waals surface area contributed by atoms with Crippen LogP contribution in [0.1, 0.15) is 18.4 Å². The highest BCUT2D eigenvalue weighted by atomic mass is 35.5. The van der Waals surface area contributed by atoms with Gasteiger partial charge in [0.15, 0.2) is 5.58 Å². The van der Waals surface area contributed by atoms with E-state index in [2.05, 4.69) is 9.71 Å². The molecule has 3 aromatic rings. The van der Waals surface area contributed by atoms with Gasteiger partial charge < -0.3 is 9.32 Å². The first-order chi connectivity index (χ1) is 13.0. The number of nitrogens with zero attached hydrogens (tertiary/aromatic N) is 2. The molecule has 4 rings (SSSR count). The van der Waals surface area contributed by atoms with Crippen LogP contribution < -0.4 is 9.62 Å². The summed E-state index contributed by atoms with van der Waals surface area (Å²) in [7, 11) is -3.49. The van der Waals surface area contributed by atoms with Gasteiger partial charge >= 0.3 is 0 Å². The second-order valence-electron chi connectivity index (χ2n) is 6.65. The number of benzene rings is 2. The van der Waals surface area contributed by atoms with Crippen LogP contribution in [0, 0.1) is 0 Å². The molecule has 2 aromatic carbocycles. The number of aromatic nitrogens is 1. The highest BCUT2D eigenvalue weighted by Crippen LogP contribution is 2.28. The summed E-state index contributed by atoms with van der Waals surface area (Å²) in [6.45, 7) is 1.11. The number of sulfonamides is 1. The maximum atomic E-state index is 12.5. The molecule has 1 aliphatic rings. The van der Waals surface area contributed by atoms with Gasteiger partial charge in [0.1, 0.15) is 5.52 Å². The summed E-state index contributed by atoms with van der Waals surface area (Å²) < 4.78 is 33.5. The highest BCUT2D eigenvalue weighted by Gasteiger charge is 2.29. The lowest BCUT2D eigenvalue weighted by Crippen LogP contribution is -2.40. The molecule has 8 heteroatoms. The smallest absolute Gasteiger partial charge is 0.298 e. The third-order valence-electron chi connectivity index (χ3n) is 4.75. The molecule has 0 amide bonds. The van der Waals surface area contributed by atoms with Crippen molar-refractivity contribution in [1.29, 1.82) is 0 Å². The van der Waals surface area contributed by atoms with E-state index in [1.54, 1.807) is 24.3 Å². The maximum absolute atomic E-state index is 12.5. The lowest BCUT2D eigenvalue weighted by Gasteiger charge is -2.23. The van der Waals surface area contributed by atoms with Crippen molar-refractivity contribution in [1.82, 2.24) is 9.71 Å². The monoisotopic (exact) mass is 405 g/mol. The molecule has 27 heavy (non-hydrogen) atoms. The van der Waals surface area contributed by atoms with E-state index >= 15 is 0 Å². The Kier molecular flexibility index (Phi) is 5.08. The summed E-state index contributed by atoms with van der Waals surface area (Å²) >= 11 is 6.08. The predicted molar refractivity (Wildman–Crippen MR) is 106 cm³/mol. The second kappa shape index (κ2) is 7.50. The number of anilines is 1. The van der Waals surface area contributed by atoms with Gasteiger partial charge in [0.2, 0.25) is 10.0 Å². The first-order valence-corrected chi connectivity index (χ1v) is 10.9. The lowest BCUT2D eigenvalue weighted by molar-refractivity contribution is 0.533. The largest absolute Gasteiger partial charge is 0.423 e. The first-order valence-electron chi connectivity index (χ1n) is 8.85. The van der Waals surface area contributed by atoms with Crippen molar-refractivity contribution in [3.63, 3.8) is 0 Å². The Hall–Kier alpha value is -2.09. The molecule has 0 spiro atoms. The van der Waals surface area contributed by atoms with Crippen LogP contribution in [0.2, 0.25) is 5.02 Å². The van der Waals surface area contributed by atoms with Gasteiger partial charge in [0.05, 0.1) is 5.75 Å². The van der Waals surface area contributed by atoms with Crippen molar-refractivity contribution in [3.05, 3.63) is 59.1 Å². The van der Waals surface area contributed by atoms with Crippen LogP contribution in [0.5, 0.6) is 0 Å². The van der Waals surface area contributed by atoms with Gasteiger partial charge in [-0.05, 0) is 36.6 Å². The fourth-order valence-corrected chi connectivity index (χ4v) is 4.87. The van der Waals surface area contributed by atoms with Crippen LogP contribution in [0.4, 0.5) is 6.01 Å². The van der Waals surface area contributed by atoms with E-state index in [4.69, 9.17) is 16.0 Å². The van der Waals surface area contributed by atoms with Gasteiger partial charge in [-0.1, -0.05) is 41.9 Å². The number of hydrogen-bond acceptors (Lipinski definition) is 5. The van der Waals surface area contributed by atoms with Gasteiger partial charge in [-0.15, -0.1) is 0 Å². The minimum atomic E-state index is -3.49. The second-order valence-corrected chi connectivity index (χ2v) is 8.87. The maximum Gasteiger partial charge on any atom is 0.298 e. The van der Waals surface area contributed by atoms with Gasteiger partial charge in [-0.25, -0.2) is 13.1 Å². The number of fused-ring (bicyclic) bond motifs is 1. The van der Waals surface area contributed by atoms with Crippen molar-refractivity contribution < 1.29 is 12.8 Å². The van der Waals surface area contributed by atoms with Crippen LogP contribution in [-0.4, -0.2) is 32.5 Å². The lowest BCUT2D eigenvalue weighted by atomic mass is 10.2. The van der Waals surface area contributed by atoms with E-state index in [9.17, 15) is 8.42 Å². The Balaban J connectivity index is 1.44. The van der Waals surface area contributed by atoms with Gasteiger partial charge in [0.25, 0.3) is 6.01 Å². The van der Waals surface area contributed by atoms with Crippen molar-refractivity contribution >= 4 is 38.7 Å². The van der Waals surface area contributed by atoms with Gasteiger partial charge in [-0.3, -0.25) is 0 Å². The molecule has 1 fully saturated rings. The zero-order chi connectivity index (χ0) is 18.9. The topological polar surface area (TPSA) is 75.4 Å². The number of halogens is 1. The normalized spacial score (nSPS) is 17.7. The standard InChI is InChI=1S/C19H20ClN3O3S/c20-16-8-2-1-6-14(16)13-27(24,25)21-12-15-7-5-11-23(15)19-22-17-9-3-4-10-18(17)26-19/h1-4,6,8-10,15,21H,5,7,11-13H2. The number of oxazole rings is 1. The molecule has 0 saturated carbocycles. The van der Waals surface area contributed by atoms with Crippen molar-refractivity contribution in [2.75, 3.05) is 18.0 Å². The molecule has 0 bridgehead atoms. The van der Waals surface area contributed by atoms with Gasteiger partial charge in [0, 0.05) is 24.2 Å². The summed E-state index contributed by atoms with van der Waals surface area (Å²) in [5, 5.41) is 0.455. The minimum absolute atomic E-state index is 0.0130. The fraction of sp³-hybridized carbons (Fsp3) is 0.316. The number of para-hydroxylation sites is 2. The molecule has 0 radical (unpaired) electrons. The third kappa shape index (κ3) is 4.10. The molecule has 1 unspecified atom stereocenters. The molecule has 1 N–H and O–H groups in total. The fourth-order valence-electron chi connectivity index (χ4n) is 3.38. The van der Waals surface area contributed by atoms with E-state index in [-0.39, 0.29) is 11.8 Å². The van der Waals surface area contributed by atoms with Crippen molar-refractivity contribution in [2.24, 2.45) is 0 Å².